The molecular formula is C24H18F3N3O3S. The Morgan fingerprint density at radius 3 is 2.62 bits per heavy atom. The van der Waals surface area contributed by atoms with Crippen molar-refractivity contribution in [2.45, 2.75) is 25.6 Å². The standard InChI is InChI=1S/C24H18F3N3O3S/c25-24(26,27)16-7-3-8-17(13-16)30-22(32)21-19(10-12-34-21)29(23(30)33)14-20(31)28-11-4-6-15-5-1-2-9-18(15)28/h1-3,5,7-10,12-13H,4,6,11,14H2. The number of para-hydroxylation sites is 1. The highest BCUT2D eigenvalue weighted by atomic mass is 32.1. The van der Waals surface area contributed by atoms with Gasteiger partial charge in [0.2, 0.25) is 5.91 Å². The van der Waals surface area contributed by atoms with Crippen LogP contribution in [0.1, 0.15) is 17.5 Å². The first-order chi connectivity index (χ1) is 16.3. The van der Waals surface area contributed by atoms with Gasteiger partial charge in [0.05, 0.1) is 16.8 Å². The second kappa shape index (κ2) is 8.28. The van der Waals surface area contributed by atoms with Gasteiger partial charge in [-0.2, -0.15) is 13.2 Å². The molecule has 34 heavy (non-hydrogen) atoms. The molecule has 0 radical (unpaired) electrons. The Labute approximate surface area is 195 Å². The highest BCUT2D eigenvalue weighted by Gasteiger charge is 2.31. The van der Waals surface area contributed by atoms with E-state index in [9.17, 15) is 27.6 Å². The maximum absolute atomic E-state index is 13.4. The molecule has 0 aliphatic carbocycles. The molecule has 0 atom stereocenters. The first-order valence-corrected chi connectivity index (χ1v) is 11.4. The van der Waals surface area contributed by atoms with Crippen LogP contribution in [0.5, 0.6) is 0 Å². The molecule has 2 aromatic heterocycles. The number of carbonyl (C=O) groups excluding carboxylic acids is 1. The molecule has 0 N–H and O–H groups in total. The number of hydrogen-bond acceptors (Lipinski definition) is 4. The van der Waals surface area contributed by atoms with Gasteiger partial charge in [0.1, 0.15) is 11.2 Å². The van der Waals surface area contributed by atoms with Crippen molar-refractivity contribution in [2.75, 3.05) is 11.4 Å². The minimum atomic E-state index is -4.64. The molecule has 0 fully saturated rings. The number of carbonyl (C=O) groups is 1. The number of fused-ring (bicyclic) bond motifs is 2. The lowest BCUT2D eigenvalue weighted by Crippen LogP contribution is -2.43. The summed E-state index contributed by atoms with van der Waals surface area (Å²) in [5.74, 6) is -0.337. The maximum atomic E-state index is 13.4. The molecule has 0 saturated heterocycles. The summed E-state index contributed by atoms with van der Waals surface area (Å²) in [4.78, 5) is 41.4. The van der Waals surface area contributed by atoms with Crippen LogP contribution in [-0.4, -0.2) is 21.6 Å². The predicted molar refractivity (Wildman–Crippen MR) is 124 cm³/mol. The van der Waals surface area contributed by atoms with E-state index in [0.717, 1.165) is 58.2 Å². The number of nitrogens with zero attached hydrogens (tertiary/aromatic N) is 3. The average Bonchev–Trinajstić information content (AvgIpc) is 3.31. The van der Waals surface area contributed by atoms with Crippen LogP contribution in [0.15, 0.2) is 69.6 Å². The first kappa shape index (κ1) is 22.1. The fraction of sp³-hybridized carbons (Fsp3) is 0.208. The van der Waals surface area contributed by atoms with Crippen molar-refractivity contribution in [2.24, 2.45) is 0 Å². The van der Waals surface area contributed by atoms with E-state index in [1.54, 1.807) is 16.3 Å². The van der Waals surface area contributed by atoms with Gasteiger partial charge in [-0.25, -0.2) is 9.36 Å². The number of amides is 1. The van der Waals surface area contributed by atoms with Crippen LogP contribution in [0.25, 0.3) is 15.9 Å². The number of halogens is 3. The van der Waals surface area contributed by atoms with Gasteiger partial charge in [-0.1, -0.05) is 24.3 Å². The van der Waals surface area contributed by atoms with Crippen molar-refractivity contribution in [3.05, 3.63) is 91.9 Å². The molecule has 1 amide bonds. The summed E-state index contributed by atoms with van der Waals surface area (Å²) >= 11 is 1.07. The van der Waals surface area contributed by atoms with Crippen molar-refractivity contribution in [1.29, 1.82) is 0 Å². The van der Waals surface area contributed by atoms with E-state index in [1.807, 2.05) is 24.3 Å². The predicted octanol–water partition coefficient (Wildman–Crippen LogP) is 4.21. The van der Waals surface area contributed by atoms with Crippen molar-refractivity contribution >= 4 is 33.1 Å². The molecule has 0 saturated carbocycles. The molecular weight excluding hydrogens is 467 g/mol. The number of aromatic nitrogens is 2. The molecule has 4 aromatic rings. The molecule has 6 nitrogen and oxygen atoms in total. The van der Waals surface area contributed by atoms with Crippen molar-refractivity contribution in [3.8, 4) is 5.69 Å². The Morgan fingerprint density at radius 1 is 1.03 bits per heavy atom. The highest BCUT2D eigenvalue weighted by Crippen LogP contribution is 2.30. The van der Waals surface area contributed by atoms with Crippen LogP contribution >= 0.6 is 11.3 Å². The van der Waals surface area contributed by atoms with Crippen molar-refractivity contribution in [1.82, 2.24) is 9.13 Å². The van der Waals surface area contributed by atoms with E-state index < -0.39 is 23.0 Å². The van der Waals surface area contributed by atoms with Gasteiger partial charge < -0.3 is 4.90 Å². The van der Waals surface area contributed by atoms with E-state index in [2.05, 4.69) is 0 Å². The van der Waals surface area contributed by atoms with E-state index in [0.29, 0.717) is 11.1 Å². The van der Waals surface area contributed by atoms with Gasteiger partial charge in [-0.3, -0.25) is 14.2 Å². The molecule has 1 aliphatic heterocycles. The van der Waals surface area contributed by atoms with E-state index in [-0.39, 0.29) is 28.4 Å². The normalized spacial score (nSPS) is 13.8. The van der Waals surface area contributed by atoms with Crippen molar-refractivity contribution < 1.29 is 18.0 Å². The second-order valence-electron chi connectivity index (χ2n) is 7.97. The van der Waals surface area contributed by atoms with E-state index in [1.165, 1.54) is 6.07 Å². The maximum Gasteiger partial charge on any atom is 0.416 e. The molecule has 3 heterocycles. The van der Waals surface area contributed by atoms with Crippen LogP contribution < -0.4 is 16.1 Å². The number of alkyl halides is 3. The van der Waals surface area contributed by atoms with E-state index in [4.69, 9.17) is 0 Å². The number of benzene rings is 2. The monoisotopic (exact) mass is 485 g/mol. The van der Waals surface area contributed by atoms with E-state index >= 15 is 0 Å². The smallest absolute Gasteiger partial charge is 0.311 e. The fourth-order valence-corrected chi connectivity index (χ4v) is 5.13. The summed E-state index contributed by atoms with van der Waals surface area (Å²) in [5.41, 5.74) is -0.680. The Balaban J connectivity index is 1.63. The average molecular weight is 485 g/mol. The lowest BCUT2D eigenvalue weighted by atomic mass is 10.0. The van der Waals surface area contributed by atoms with Gasteiger partial charge in [-0.15, -0.1) is 11.3 Å². The number of hydrogen-bond donors (Lipinski definition) is 0. The SMILES string of the molecule is O=C(Cn1c(=O)n(-c2cccc(C(F)(F)F)c2)c(=O)c2sccc21)N1CCCc2ccccc21. The zero-order valence-corrected chi connectivity index (χ0v) is 18.5. The minimum absolute atomic E-state index is 0.184. The van der Waals surface area contributed by atoms with Crippen LogP contribution in [-0.2, 0) is 23.9 Å². The Morgan fingerprint density at radius 2 is 1.82 bits per heavy atom. The summed E-state index contributed by atoms with van der Waals surface area (Å²) in [7, 11) is 0. The molecule has 174 valence electrons. The minimum Gasteiger partial charge on any atom is -0.311 e. The molecule has 1 aliphatic rings. The molecule has 5 rings (SSSR count). The third kappa shape index (κ3) is 3.73. The number of rotatable bonds is 3. The van der Waals surface area contributed by atoms with Crippen molar-refractivity contribution in [3.63, 3.8) is 0 Å². The van der Waals surface area contributed by atoms with Gasteiger partial charge in [0.15, 0.2) is 0 Å². The summed E-state index contributed by atoms with van der Waals surface area (Å²) in [5, 5.41) is 1.61. The van der Waals surface area contributed by atoms with Crippen LogP contribution in [0, 0.1) is 0 Å². The second-order valence-corrected chi connectivity index (χ2v) is 8.89. The van der Waals surface area contributed by atoms with Gasteiger partial charge >= 0.3 is 11.9 Å². The zero-order chi connectivity index (χ0) is 24.0. The molecule has 0 spiro atoms. The topological polar surface area (TPSA) is 64.3 Å². The summed E-state index contributed by atoms with van der Waals surface area (Å²) < 4.78 is 41.8. The lowest BCUT2D eigenvalue weighted by Gasteiger charge is -2.29. The van der Waals surface area contributed by atoms with Crippen LogP contribution in [0.4, 0.5) is 18.9 Å². The number of thiophene rings is 1. The summed E-state index contributed by atoms with van der Waals surface area (Å²) in [6.07, 6.45) is -3.02. The summed E-state index contributed by atoms with van der Waals surface area (Å²) in [6, 6.07) is 13.1. The first-order valence-electron chi connectivity index (χ1n) is 10.5. The van der Waals surface area contributed by atoms with Gasteiger partial charge in [0.25, 0.3) is 5.56 Å². The quantitative estimate of drug-likeness (QED) is 0.437. The number of aryl methyl sites for hydroxylation is 1. The van der Waals surface area contributed by atoms with Crippen LogP contribution in [0.2, 0.25) is 0 Å². The molecule has 2 aromatic carbocycles. The lowest BCUT2D eigenvalue weighted by molar-refractivity contribution is -0.137. The fourth-order valence-electron chi connectivity index (χ4n) is 4.30. The zero-order valence-electron chi connectivity index (χ0n) is 17.7. The third-order valence-electron chi connectivity index (χ3n) is 5.89. The molecule has 0 unspecified atom stereocenters. The number of anilines is 1. The highest BCUT2D eigenvalue weighted by molar-refractivity contribution is 7.17. The third-order valence-corrected chi connectivity index (χ3v) is 6.78. The van der Waals surface area contributed by atoms with Gasteiger partial charge in [-0.05, 0) is 54.1 Å². The Kier molecular flexibility index (Phi) is 5.40. The largest absolute Gasteiger partial charge is 0.416 e. The Bertz CT molecular complexity index is 1530. The molecule has 0 bridgehead atoms. The molecule has 10 heteroatoms. The summed E-state index contributed by atoms with van der Waals surface area (Å²) in [6.45, 7) is 0.143. The van der Waals surface area contributed by atoms with Crippen LogP contribution in [0.3, 0.4) is 0 Å². The van der Waals surface area contributed by atoms with Gasteiger partial charge in [0, 0.05) is 12.2 Å². The Hall–Kier alpha value is -3.66.